The van der Waals surface area contributed by atoms with Crippen LogP contribution in [-0.2, 0) is 24.6 Å². The first-order valence-corrected chi connectivity index (χ1v) is 9.02. The Morgan fingerprint density at radius 2 is 2.28 bits per heavy atom. The van der Waals surface area contributed by atoms with E-state index in [4.69, 9.17) is 9.72 Å². The summed E-state index contributed by atoms with van der Waals surface area (Å²) in [6.45, 7) is 1.50. The van der Waals surface area contributed by atoms with Crippen molar-refractivity contribution < 1.29 is 4.74 Å². The number of aromatic nitrogens is 3. The minimum Gasteiger partial charge on any atom is -0.372 e. The number of anilines is 1. The standard InChI is InChI=1S/C19H23N5O/c1-24-17(6-8-22-24)18-14(7-9-25-18)12-21-19-15(11-20)10-13-4-2-3-5-16(13)23-19/h6,8,10,14,18H,2-5,7,9,12H2,1H3,(H,21,23)/t14-,18+/m0/s1. The summed E-state index contributed by atoms with van der Waals surface area (Å²) >= 11 is 0. The number of pyridine rings is 1. The van der Waals surface area contributed by atoms with Gasteiger partial charge in [0.25, 0.3) is 0 Å². The van der Waals surface area contributed by atoms with Crippen LogP contribution >= 0.6 is 0 Å². The molecule has 1 fully saturated rings. The Morgan fingerprint density at radius 1 is 1.40 bits per heavy atom. The van der Waals surface area contributed by atoms with Crippen LogP contribution in [0.5, 0.6) is 0 Å². The molecular formula is C19H23N5O. The summed E-state index contributed by atoms with van der Waals surface area (Å²) in [5.74, 6) is 1.07. The summed E-state index contributed by atoms with van der Waals surface area (Å²) in [4.78, 5) is 4.76. The van der Waals surface area contributed by atoms with E-state index in [0.29, 0.717) is 11.5 Å². The normalized spacial score (nSPS) is 22.4. The molecule has 25 heavy (non-hydrogen) atoms. The van der Waals surface area contributed by atoms with Crippen LogP contribution in [0, 0.1) is 17.2 Å². The fraction of sp³-hybridized carbons (Fsp3) is 0.526. The number of nitrogens with one attached hydrogen (secondary N) is 1. The largest absolute Gasteiger partial charge is 0.372 e. The SMILES string of the molecule is Cn1nccc1[C@@H]1OCC[C@H]1CNc1nc2c(cc1C#N)CCCC2. The first-order chi connectivity index (χ1) is 12.3. The quantitative estimate of drug-likeness (QED) is 0.928. The summed E-state index contributed by atoms with van der Waals surface area (Å²) in [5, 5.41) is 17.2. The lowest BCUT2D eigenvalue weighted by molar-refractivity contribution is 0.0866. The van der Waals surface area contributed by atoms with Gasteiger partial charge in [-0.25, -0.2) is 4.98 Å². The number of fused-ring (bicyclic) bond motifs is 1. The highest BCUT2D eigenvalue weighted by molar-refractivity contribution is 5.54. The van der Waals surface area contributed by atoms with Gasteiger partial charge in [-0.2, -0.15) is 10.4 Å². The van der Waals surface area contributed by atoms with Gasteiger partial charge in [0.05, 0.1) is 11.3 Å². The summed E-state index contributed by atoms with van der Waals surface area (Å²) in [5.41, 5.74) is 4.14. The van der Waals surface area contributed by atoms with Crippen molar-refractivity contribution in [3.63, 3.8) is 0 Å². The lowest BCUT2D eigenvalue weighted by Crippen LogP contribution is -2.21. The van der Waals surface area contributed by atoms with Gasteiger partial charge in [-0.3, -0.25) is 4.68 Å². The lowest BCUT2D eigenvalue weighted by atomic mass is 9.94. The van der Waals surface area contributed by atoms with Crippen LogP contribution in [-0.4, -0.2) is 27.9 Å². The van der Waals surface area contributed by atoms with E-state index in [1.165, 1.54) is 18.4 Å². The average molecular weight is 337 g/mol. The van der Waals surface area contributed by atoms with Crippen molar-refractivity contribution in [3.8, 4) is 6.07 Å². The molecule has 6 nitrogen and oxygen atoms in total. The number of hydrogen-bond donors (Lipinski definition) is 1. The molecule has 0 unspecified atom stereocenters. The topological polar surface area (TPSA) is 75.8 Å². The van der Waals surface area contributed by atoms with Gasteiger partial charge in [-0.05, 0) is 49.8 Å². The minimum absolute atomic E-state index is 0.0446. The van der Waals surface area contributed by atoms with E-state index in [0.717, 1.165) is 49.6 Å². The molecule has 2 atom stereocenters. The number of aryl methyl sites for hydroxylation is 3. The third-order valence-electron chi connectivity index (χ3n) is 5.32. The highest BCUT2D eigenvalue weighted by atomic mass is 16.5. The second-order valence-electron chi connectivity index (χ2n) is 6.91. The Bertz CT molecular complexity index is 807. The van der Waals surface area contributed by atoms with Crippen molar-refractivity contribution >= 4 is 5.82 Å². The van der Waals surface area contributed by atoms with Crippen LogP contribution < -0.4 is 5.32 Å². The highest BCUT2D eigenvalue weighted by Crippen LogP contribution is 2.34. The maximum Gasteiger partial charge on any atom is 0.144 e. The maximum absolute atomic E-state index is 9.48. The van der Waals surface area contributed by atoms with Crippen molar-refractivity contribution in [2.24, 2.45) is 13.0 Å². The van der Waals surface area contributed by atoms with Crippen LogP contribution in [0.1, 0.15) is 47.9 Å². The van der Waals surface area contributed by atoms with E-state index in [-0.39, 0.29) is 6.10 Å². The minimum atomic E-state index is 0.0446. The molecule has 1 saturated heterocycles. The van der Waals surface area contributed by atoms with Gasteiger partial charge >= 0.3 is 0 Å². The molecule has 6 heteroatoms. The van der Waals surface area contributed by atoms with Crippen molar-refractivity contribution in [1.82, 2.24) is 14.8 Å². The van der Waals surface area contributed by atoms with Gasteiger partial charge in [0.2, 0.25) is 0 Å². The number of rotatable bonds is 4. The molecule has 4 rings (SSSR count). The number of ether oxygens (including phenoxy) is 1. The van der Waals surface area contributed by atoms with Gasteiger partial charge in [0, 0.05) is 38.0 Å². The Morgan fingerprint density at radius 3 is 3.08 bits per heavy atom. The van der Waals surface area contributed by atoms with Crippen molar-refractivity contribution in [1.29, 1.82) is 5.26 Å². The van der Waals surface area contributed by atoms with E-state index in [2.05, 4.69) is 16.5 Å². The summed E-state index contributed by atoms with van der Waals surface area (Å²) in [7, 11) is 1.94. The smallest absolute Gasteiger partial charge is 0.144 e. The van der Waals surface area contributed by atoms with Crippen molar-refractivity contribution in [2.45, 2.75) is 38.2 Å². The maximum atomic E-state index is 9.48. The molecule has 2 aromatic heterocycles. The number of nitriles is 1. The monoisotopic (exact) mass is 337 g/mol. The first-order valence-electron chi connectivity index (χ1n) is 9.02. The molecule has 0 radical (unpaired) electrons. The second kappa shape index (κ2) is 6.85. The molecule has 0 saturated carbocycles. The predicted molar refractivity (Wildman–Crippen MR) is 94.1 cm³/mol. The summed E-state index contributed by atoms with van der Waals surface area (Å²) in [6, 6.07) is 6.33. The van der Waals surface area contributed by atoms with Crippen LogP contribution in [0.2, 0.25) is 0 Å². The third-order valence-corrected chi connectivity index (χ3v) is 5.32. The molecule has 0 aromatic carbocycles. The van der Waals surface area contributed by atoms with Crippen LogP contribution in [0.4, 0.5) is 5.82 Å². The van der Waals surface area contributed by atoms with E-state index in [1.54, 1.807) is 6.20 Å². The Hall–Kier alpha value is -2.39. The van der Waals surface area contributed by atoms with E-state index in [1.807, 2.05) is 23.9 Å². The third kappa shape index (κ3) is 3.12. The Balaban J connectivity index is 1.51. The summed E-state index contributed by atoms with van der Waals surface area (Å²) < 4.78 is 7.82. The second-order valence-corrected chi connectivity index (χ2v) is 6.91. The van der Waals surface area contributed by atoms with E-state index < -0.39 is 0 Å². The summed E-state index contributed by atoms with van der Waals surface area (Å²) in [6.07, 6.45) is 7.28. The first kappa shape index (κ1) is 16.1. The van der Waals surface area contributed by atoms with Gasteiger partial charge in [0.15, 0.2) is 0 Å². The highest BCUT2D eigenvalue weighted by Gasteiger charge is 2.31. The van der Waals surface area contributed by atoms with Crippen LogP contribution in [0.3, 0.4) is 0 Å². The number of hydrogen-bond acceptors (Lipinski definition) is 5. The average Bonchev–Trinajstić information content (AvgIpc) is 3.27. The molecule has 2 aromatic rings. The molecule has 3 heterocycles. The van der Waals surface area contributed by atoms with Crippen LogP contribution in [0.25, 0.3) is 0 Å². The predicted octanol–water partition coefficient (Wildman–Crippen LogP) is 2.76. The zero-order valence-electron chi connectivity index (χ0n) is 14.5. The number of nitrogens with zero attached hydrogens (tertiary/aromatic N) is 4. The lowest BCUT2D eigenvalue weighted by Gasteiger charge is -2.21. The zero-order valence-corrected chi connectivity index (χ0v) is 14.5. The van der Waals surface area contributed by atoms with Gasteiger partial charge in [-0.15, -0.1) is 0 Å². The Labute approximate surface area is 147 Å². The molecular weight excluding hydrogens is 314 g/mol. The van der Waals surface area contributed by atoms with Gasteiger partial charge in [-0.1, -0.05) is 0 Å². The zero-order chi connectivity index (χ0) is 17.2. The fourth-order valence-electron chi connectivity index (χ4n) is 3.91. The molecule has 1 aliphatic heterocycles. The van der Waals surface area contributed by atoms with Gasteiger partial charge in [0.1, 0.15) is 18.0 Å². The van der Waals surface area contributed by atoms with E-state index in [9.17, 15) is 5.26 Å². The molecule has 0 amide bonds. The molecule has 0 bridgehead atoms. The Kier molecular flexibility index (Phi) is 4.41. The van der Waals surface area contributed by atoms with Crippen LogP contribution in [0.15, 0.2) is 18.3 Å². The molecule has 1 N–H and O–H groups in total. The molecule has 0 spiro atoms. The fourth-order valence-corrected chi connectivity index (χ4v) is 3.91. The molecule has 1 aliphatic carbocycles. The van der Waals surface area contributed by atoms with Crippen molar-refractivity contribution in [3.05, 3.63) is 40.8 Å². The molecule has 2 aliphatic rings. The molecule has 130 valence electrons. The van der Waals surface area contributed by atoms with Crippen molar-refractivity contribution in [2.75, 3.05) is 18.5 Å². The van der Waals surface area contributed by atoms with Gasteiger partial charge < -0.3 is 10.1 Å². The van der Waals surface area contributed by atoms with E-state index >= 15 is 0 Å².